The molecule has 0 radical (unpaired) electrons. The second-order valence-corrected chi connectivity index (χ2v) is 6.52. The molecule has 1 fully saturated rings. The third-order valence-corrected chi connectivity index (χ3v) is 4.38. The van der Waals surface area contributed by atoms with Crippen molar-refractivity contribution in [2.24, 2.45) is 5.92 Å². The first kappa shape index (κ1) is 16.0. The molecule has 6 heteroatoms. The fraction of sp³-hybridized carbons (Fsp3) is 0.529. The van der Waals surface area contributed by atoms with Crippen molar-refractivity contribution in [3.8, 4) is 0 Å². The molecule has 0 spiro atoms. The van der Waals surface area contributed by atoms with E-state index in [0.717, 1.165) is 43.8 Å². The van der Waals surface area contributed by atoms with Crippen molar-refractivity contribution in [3.63, 3.8) is 0 Å². The monoisotopic (exact) mass is 315 g/mol. The highest BCUT2D eigenvalue weighted by molar-refractivity contribution is 5.94. The zero-order valence-electron chi connectivity index (χ0n) is 13.9. The Morgan fingerprint density at radius 2 is 2.04 bits per heavy atom. The van der Waals surface area contributed by atoms with Crippen molar-refractivity contribution in [2.75, 3.05) is 46.3 Å². The molecule has 1 aliphatic heterocycles. The van der Waals surface area contributed by atoms with Crippen LogP contribution in [0.5, 0.6) is 0 Å². The van der Waals surface area contributed by atoms with Crippen LogP contribution < -0.4 is 5.32 Å². The molecule has 2 N–H and O–H groups in total. The number of para-hydroxylation sites is 2. The first-order chi connectivity index (χ1) is 11.1. The van der Waals surface area contributed by atoms with Gasteiger partial charge in [0.1, 0.15) is 0 Å². The van der Waals surface area contributed by atoms with E-state index in [1.54, 1.807) is 0 Å². The molecule has 0 saturated carbocycles. The van der Waals surface area contributed by atoms with Gasteiger partial charge >= 0.3 is 0 Å². The number of nitrogens with one attached hydrogen (secondary N) is 2. The smallest absolute Gasteiger partial charge is 0.287 e. The standard InChI is InChI=1S/C17H25N5O/c1-13(12-22-9-7-21(2)8-10-22)11-18-17(23)16-19-14-5-3-4-6-15(14)20-16/h3-6,13H,7-12H2,1-2H3,(H,18,23)(H,19,20). The first-order valence-electron chi connectivity index (χ1n) is 8.25. The van der Waals surface area contributed by atoms with E-state index < -0.39 is 0 Å². The second kappa shape index (κ2) is 7.10. The number of likely N-dealkylation sites (N-methyl/N-ethyl adjacent to an activating group) is 1. The van der Waals surface area contributed by atoms with E-state index in [9.17, 15) is 4.79 Å². The Morgan fingerprint density at radius 1 is 1.30 bits per heavy atom. The number of carbonyl (C=O) groups excluding carboxylic acids is 1. The van der Waals surface area contributed by atoms with Gasteiger partial charge in [-0.1, -0.05) is 19.1 Å². The zero-order valence-corrected chi connectivity index (χ0v) is 13.9. The minimum absolute atomic E-state index is 0.133. The summed E-state index contributed by atoms with van der Waals surface area (Å²) in [6, 6.07) is 7.68. The Balaban J connectivity index is 1.48. The Hall–Kier alpha value is -1.92. The summed E-state index contributed by atoms with van der Waals surface area (Å²) in [6.07, 6.45) is 0. The Bertz CT molecular complexity index is 627. The molecule has 1 amide bonds. The summed E-state index contributed by atoms with van der Waals surface area (Å²) < 4.78 is 0. The van der Waals surface area contributed by atoms with E-state index in [0.29, 0.717) is 18.3 Å². The highest BCUT2D eigenvalue weighted by atomic mass is 16.2. The molecule has 3 rings (SSSR count). The largest absolute Gasteiger partial charge is 0.349 e. The third-order valence-electron chi connectivity index (χ3n) is 4.38. The lowest BCUT2D eigenvalue weighted by Gasteiger charge is -2.33. The first-order valence-corrected chi connectivity index (χ1v) is 8.25. The summed E-state index contributed by atoms with van der Waals surface area (Å²) in [7, 11) is 2.16. The molecule has 1 aromatic carbocycles. The predicted molar refractivity (Wildman–Crippen MR) is 91.5 cm³/mol. The maximum atomic E-state index is 12.2. The highest BCUT2D eigenvalue weighted by Gasteiger charge is 2.17. The summed E-state index contributed by atoms with van der Waals surface area (Å²) in [5.41, 5.74) is 1.71. The average molecular weight is 315 g/mol. The zero-order chi connectivity index (χ0) is 16.2. The molecule has 23 heavy (non-hydrogen) atoms. The van der Waals surface area contributed by atoms with Crippen molar-refractivity contribution in [1.29, 1.82) is 0 Å². The Kier molecular flexibility index (Phi) is 4.93. The van der Waals surface area contributed by atoms with Crippen LogP contribution in [0.25, 0.3) is 11.0 Å². The molecule has 2 heterocycles. The van der Waals surface area contributed by atoms with Gasteiger partial charge in [-0.25, -0.2) is 4.98 Å². The van der Waals surface area contributed by atoms with Gasteiger partial charge in [-0.15, -0.1) is 0 Å². The minimum atomic E-state index is -0.133. The van der Waals surface area contributed by atoms with Gasteiger partial charge in [0, 0.05) is 39.3 Å². The lowest BCUT2D eigenvalue weighted by molar-refractivity contribution is 0.0928. The van der Waals surface area contributed by atoms with Crippen LogP contribution >= 0.6 is 0 Å². The molecule has 2 aromatic rings. The molecular formula is C17H25N5O. The molecule has 0 aliphatic carbocycles. The number of hydrogen-bond acceptors (Lipinski definition) is 4. The van der Waals surface area contributed by atoms with Crippen LogP contribution in [0.4, 0.5) is 0 Å². The number of piperazine rings is 1. The van der Waals surface area contributed by atoms with E-state index in [-0.39, 0.29) is 5.91 Å². The maximum Gasteiger partial charge on any atom is 0.287 e. The molecule has 1 saturated heterocycles. The number of fused-ring (bicyclic) bond motifs is 1. The van der Waals surface area contributed by atoms with E-state index >= 15 is 0 Å². The fourth-order valence-corrected chi connectivity index (χ4v) is 2.95. The number of hydrogen-bond donors (Lipinski definition) is 2. The van der Waals surface area contributed by atoms with Gasteiger partial charge in [-0.3, -0.25) is 4.79 Å². The van der Waals surface area contributed by atoms with Gasteiger partial charge in [0.05, 0.1) is 11.0 Å². The van der Waals surface area contributed by atoms with E-state index in [4.69, 9.17) is 0 Å². The van der Waals surface area contributed by atoms with Gasteiger partial charge in [-0.2, -0.15) is 0 Å². The molecule has 124 valence electrons. The van der Waals surface area contributed by atoms with Gasteiger partial charge in [0.2, 0.25) is 0 Å². The van der Waals surface area contributed by atoms with Crippen molar-refractivity contribution in [1.82, 2.24) is 25.1 Å². The number of aromatic nitrogens is 2. The quantitative estimate of drug-likeness (QED) is 0.869. The van der Waals surface area contributed by atoms with Crippen LogP contribution in [0.2, 0.25) is 0 Å². The Labute approximate surface area is 136 Å². The third kappa shape index (κ3) is 4.09. The molecule has 6 nitrogen and oxygen atoms in total. The molecule has 0 bridgehead atoms. The van der Waals surface area contributed by atoms with Crippen LogP contribution in [0.15, 0.2) is 24.3 Å². The lowest BCUT2D eigenvalue weighted by Crippen LogP contribution is -2.46. The van der Waals surface area contributed by atoms with Crippen molar-refractivity contribution < 1.29 is 4.79 Å². The molecule has 1 unspecified atom stereocenters. The number of imidazole rings is 1. The number of H-pyrrole nitrogens is 1. The summed E-state index contributed by atoms with van der Waals surface area (Å²) in [5, 5.41) is 2.99. The van der Waals surface area contributed by atoms with Crippen molar-refractivity contribution >= 4 is 16.9 Å². The number of carbonyl (C=O) groups is 1. The maximum absolute atomic E-state index is 12.2. The van der Waals surface area contributed by atoms with E-state index in [1.165, 1.54) is 0 Å². The summed E-state index contributed by atoms with van der Waals surface area (Å²) >= 11 is 0. The highest BCUT2D eigenvalue weighted by Crippen LogP contribution is 2.10. The number of aromatic amines is 1. The van der Waals surface area contributed by atoms with Gasteiger partial charge in [0.15, 0.2) is 5.82 Å². The van der Waals surface area contributed by atoms with Crippen LogP contribution in [0, 0.1) is 5.92 Å². The van der Waals surface area contributed by atoms with E-state index in [2.05, 4.69) is 39.1 Å². The number of nitrogens with zero attached hydrogens (tertiary/aromatic N) is 3. The topological polar surface area (TPSA) is 64.3 Å². The Morgan fingerprint density at radius 3 is 2.78 bits per heavy atom. The number of rotatable bonds is 5. The normalized spacial score (nSPS) is 18.2. The van der Waals surface area contributed by atoms with Gasteiger partial charge in [-0.05, 0) is 25.1 Å². The number of benzene rings is 1. The molecular weight excluding hydrogens is 290 g/mol. The number of amides is 1. The average Bonchev–Trinajstić information content (AvgIpc) is 2.99. The molecule has 1 atom stereocenters. The predicted octanol–water partition coefficient (Wildman–Crippen LogP) is 1.18. The summed E-state index contributed by atoms with van der Waals surface area (Å²) in [6.45, 7) is 8.33. The SMILES string of the molecule is CC(CNC(=O)c1nc2ccccc2[nH]1)CN1CCN(C)CC1. The van der Waals surface area contributed by atoms with E-state index in [1.807, 2.05) is 24.3 Å². The van der Waals surface area contributed by atoms with Crippen molar-refractivity contribution in [2.45, 2.75) is 6.92 Å². The van der Waals surface area contributed by atoms with Crippen LogP contribution in [-0.4, -0.2) is 72.0 Å². The van der Waals surface area contributed by atoms with Crippen LogP contribution in [0.1, 0.15) is 17.5 Å². The van der Waals surface area contributed by atoms with Gasteiger partial charge in [0.25, 0.3) is 5.91 Å². The summed E-state index contributed by atoms with van der Waals surface area (Å²) in [4.78, 5) is 24.4. The summed E-state index contributed by atoms with van der Waals surface area (Å²) in [5.74, 6) is 0.677. The van der Waals surface area contributed by atoms with Gasteiger partial charge < -0.3 is 20.1 Å². The second-order valence-electron chi connectivity index (χ2n) is 6.52. The fourth-order valence-electron chi connectivity index (χ4n) is 2.95. The molecule has 1 aliphatic rings. The minimum Gasteiger partial charge on any atom is -0.349 e. The lowest BCUT2D eigenvalue weighted by atomic mass is 10.1. The molecule has 1 aromatic heterocycles. The van der Waals surface area contributed by atoms with Crippen molar-refractivity contribution in [3.05, 3.63) is 30.1 Å². The van der Waals surface area contributed by atoms with Crippen LogP contribution in [0.3, 0.4) is 0 Å². The van der Waals surface area contributed by atoms with Crippen LogP contribution in [-0.2, 0) is 0 Å².